The van der Waals surface area contributed by atoms with Gasteiger partial charge in [-0.3, -0.25) is 9.69 Å². The second kappa shape index (κ2) is 10.5. The van der Waals surface area contributed by atoms with E-state index in [1.807, 2.05) is 30.3 Å². The van der Waals surface area contributed by atoms with Crippen molar-refractivity contribution in [2.45, 2.75) is 6.04 Å². The van der Waals surface area contributed by atoms with Gasteiger partial charge in [0, 0.05) is 49.5 Å². The number of benzene rings is 2. The molecule has 166 valence electrons. The van der Waals surface area contributed by atoms with Gasteiger partial charge in [0.2, 0.25) is 5.91 Å². The molecule has 5 nitrogen and oxygen atoms in total. The number of carbonyl (C=O) groups is 1. The second-order valence-corrected chi connectivity index (χ2v) is 8.04. The van der Waals surface area contributed by atoms with E-state index < -0.39 is 0 Å². The zero-order valence-corrected chi connectivity index (χ0v) is 18.3. The van der Waals surface area contributed by atoms with Crippen molar-refractivity contribution in [3.63, 3.8) is 0 Å². The fourth-order valence-corrected chi connectivity index (χ4v) is 4.06. The molecule has 1 unspecified atom stereocenters. The number of halogens is 2. The van der Waals surface area contributed by atoms with Crippen molar-refractivity contribution in [3.05, 3.63) is 95.2 Å². The molecule has 1 amide bonds. The van der Waals surface area contributed by atoms with E-state index in [-0.39, 0.29) is 17.8 Å². The summed E-state index contributed by atoms with van der Waals surface area (Å²) in [7, 11) is 0. The fraction of sp³-hybridized carbons (Fsp3) is 0.240. The van der Waals surface area contributed by atoms with E-state index >= 15 is 0 Å². The smallest absolute Gasteiger partial charge is 0.244 e. The Hall–Kier alpha value is -3.09. The molecule has 0 radical (unpaired) electrons. The van der Waals surface area contributed by atoms with E-state index in [4.69, 9.17) is 16.0 Å². The maximum atomic E-state index is 13.2. The highest BCUT2D eigenvalue weighted by Gasteiger charge is 2.27. The van der Waals surface area contributed by atoms with Crippen LogP contribution in [0.5, 0.6) is 0 Å². The first-order chi connectivity index (χ1) is 15.6. The number of nitrogens with one attached hydrogen (secondary N) is 1. The van der Waals surface area contributed by atoms with Crippen molar-refractivity contribution in [1.82, 2.24) is 10.2 Å². The van der Waals surface area contributed by atoms with Crippen molar-refractivity contribution in [1.29, 1.82) is 0 Å². The van der Waals surface area contributed by atoms with Crippen molar-refractivity contribution in [2.24, 2.45) is 0 Å². The number of furan rings is 1. The largest absolute Gasteiger partial charge is 0.468 e. The van der Waals surface area contributed by atoms with E-state index in [0.29, 0.717) is 11.6 Å². The van der Waals surface area contributed by atoms with E-state index in [1.165, 1.54) is 18.2 Å². The van der Waals surface area contributed by atoms with Crippen LogP contribution in [-0.4, -0.2) is 43.5 Å². The number of anilines is 1. The lowest BCUT2D eigenvalue weighted by Crippen LogP contribution is -2.49. The first-order valence-electron chi connectivity index (χ1n) is 10.6. The molecule has 3 aromatic rings. The van der Waals surface area contributed by atoms with Gasteiger partial charge in [-0.2, -0.15) is 0 Å². The molecule has 2 aromatic carbocycles. The van der Waals surface area contributed by atoms with Crippen LogP contribution in [0.25, 0.3) is 6.08 Å². The summed E-state index contributed by atoms with van der Waals surface area (Å²) in [4.78, 5) is 17.0. The van der Waals surface area contributed by atoms with Gasteiger partial charge in [0.15, 0.2) is 0 Å². The Balaban J connectivity index is 1.36. The minimum Gasteiger partial charge on any atom is -0.468 e. The van der Waals surface area contributed by atoms with Crippen LogP contribution < -0.4 is 10.2 Å². The van der Waals surface area contributed by atoms with Gasteiger partial charge in [0.25, 0.3) is 0 Å². The molecule has 0 saturated carbocycles. The fourth-order valence-electron chi connectivity index (χ4n) is 3.87. The number of hydrogen-bond acceptors (Lipinski definition) is 4. The Labute approximate surface area is 192 Å². The average Bonchev–Trinajstić information content (AvgIpc) is 3.34. The van der Waals surface area contributed by atoms with Crippen molar-refractivity contribution in [2.75, 3.05) is 37.6 Å². The van der Waals surface area contributed by atoms with Crippen molar-refractivity contribution < 1.29 is 13.6 Å². The highest BCUT2D eigenvalue weighted by Crippen LogP contribution is 2.24. The van der Waals surface area contributed by atoms with Crippen LogP contribution in [-0.2, 0) is 4.79 Å². The third kappa shape index (κ3) is 5.58. The highest BCUT2D eigenvalue weighted by molar-refractivity contribution is 6.32. The van der Waals surface area contributed by atoms with Crippen LogP contribution in [0.1, 0.15) is 17.4 Å². The molecule has 1 saturated heterocycles. The predicted octanol–water partition coefficient (Wildman–Crippen LogP) is 4.77. The summed E-state index contributed by atoms with van der Waals surface area (Å²) in [5.74, 6) is 0.395. The quantitative estimate of drug-likeness (QED) is 0.524. The molecule has 1 aromatic heterocycles. The summed E-state index contributed by atoms with van der Waals surface area (Å²) in [6, 6.07) is 17.7. The Bertz CT molecular complexity index is 1050. The number of piperazine rings is 1. The molecule has 32 heavy (non-hydrogen) atoms. The number of hydrogen-bond donors (Lipinski definition) is 1. The van der Waals surface area contributed by atoms with Crippen molar-refractivity contribution >= 4 is 29.3 Å². The molecule has 1 aliphatic rings. The molecular formula is C25H25ClFN3O2. The van der Waals surface area contributed by atoms with Gasteiger partial charge in [0.05, 0.1) is 12.3 Å². The molecule has 1 atom stereocenters. The van der Waals surface area contributed by atoms with Gasteiger partial charge in [-0.1, -0.05) is 29.8 Å². The zero-order valence-electron chi connectivity index (χ0n) is 17.6. The molecule has 0 bridgehead atoms. The highest BCUT2D eigenvalue weighted by atomic mass is 35.5. The predicted molar refractivity (Wildman–Crippen MR) is 125 cm³/mol. The third-order valence-corrected chi connectivity index (χ3v) is 5.95. The van der Waals surface area contributed by atoms with E-state index in [2.05, 4.69) is 15.1 Å². The number of carbonyl (C=O) groups excluding carboxylic acids is 1. The van der Waals surface area contributed by atoms with Gasteiger partial charge in [0.1, 0.15) is 11.6 Å². The lowest BCUT2D eigenvalue weighted by atomic mass is 10.1. The number of rotatable bonds is 7. The van der Waals surface area contributed by atoms with Crippen LogP contribution in [0, 0.1) is 5.82 Å². The molecule has 0 aliphatic carbocycles. The first kappa shape index (κ1) is 22.1. The van der Waals surface area contributed by atoms with Gasteiger partial charge >= 0.3 is 0 Å². The summed E-state index contributed by atoms with van der Waals surface area (Å²) in [5.41, 5.74) is 1.81. The molecular weight excluding hydrogens is 429 g/mol. The van der Waals surface area contributed by atoms with Crippen molar-refractivity contribution in [3.8, 4) is 0 Å². The van der Waals surface area contributed by atoms with E-state index in [1.54, 1.807) is 30.5 Å². The second-order valence-electron chi connectivity index (χ2n) is 7.63. The Kier molecular flexibility index (Phi) is 7.24. The standard InChI is InChI=1S/C25H25ClFN3O2/c26-22-5-2-1-4-19(22)7-12-25(31)28-18-23(24-6-3-17-32-24)30-15-13-29(14-16-30)21-10-8-20(27)9-11-21/h1-12,17,23H,13-16,18H2,(H,28,31)/b12-7+. The SMILES string of the molecule is O=C(/C=C/c1ccccc1Cl)NCC(c1ccco1)N1CCN(c2ccc(F)cc2)CC1. The Morgan fingerprint density at radius 3 is 2.50 bits per heavy atom. The summed E-state index contributed by atoms with van der Waals surface area (Å²) < 4.78 is 18.9. The van der Waals surface area contributed by atoms with Crippen LogP contribution in [0.3, 0.4) is 0 Å². The van der Waals surface area contributed by atoms with Gasteiger partial charge < -0.3 is 14.6 Å². The van der Waals surface area contributed by atoms with Crippen LogP contribution in [0.2, 0.25) is 5.02 Å². The molecule has 1 N–H and O–H groups in total. The van der Waals surface area contributed by atoms with Gasteiger partial charge in [-0.15, -0.1) is 0 Å². The first-order valence-corrected chi connectivity index (χ1v) is 11.0. The van der Waals surface area contributed by atoms with Crippen LogP contribution >= 0.6 is 11.6 Å². The summed E-state index contributed by atoms with van der Waals surface area (Å²) in [6.07, 6.45) is 4.85. The van der Waals surface area contributed by atoms with Crippen LogP contribution in [0.4, 0.5) is 10.1 Å². The normalized spacial score (nSPS) is 15.8. The lowest BCUT2D eigenvalue weighted by molar-refractivity contribution is -0.116. The average molecular weight is 454 g/mol. The Morgan fingerprint density at radius 2 is 1.81 bits per heavy atom. The van der Waals surface area contributed by atoms with Gasteiger partial charge in [-0.25, -0.2) is 4.39 Å². The van der Waals surface area contributed by atoms with Crippen LogP contribution in [0.15, 0.2) is 77.4 Å². The summed E-state index contributed by atoms with van der Waals surface area (Å²) in [5, 5.41) is 3.58. The minimum atomic E-state index is -0.232. The summed E-state index contributed by atoms with van der Waals surface area (Å²) in [6.45, 7) is 3.64. The molecule has 4 rings (SSSR count). The minimum absolute atomic E-state index is 0.0713. The molecule has 1 aliphatic heterocycles. The number of nitrogens with zero attached hydrogens (tertiary/aromatic N) is 2. The maximum absolute atomic E-state index is 13.2. The maximum Gasteiger partial charge on any atom is 0.244 e. The zero-order chi connectivity index (χ0) is 22.3. The van der Waals surface area contributed by atoms with Gasteiger partial charge in [-0.05, 0) is 54.1 Å². The molecule has 0 spiro atoms. The third-order valence-electron chi connectivity index (χ3n) is 5.61. The Morgan fingerprint density at radius 1 is 1.06 bits per heavy atom. The topological polar surface area (TPSA) is 48.7 Å². The van der Waals surface area contributed by atoms with E-state index in [0.717, 1.165) is 43.2 Å². The summed E-state index contributed by atoms with van der Waals surface area (Å²) >= 11 is 6.14. The molecule has 1 fully saturated rings. The molecule has 2 heterocycles. The monoisotopic (exact) mass is 453 g/mol. The lowest BCUT2D eigenvalue weighted by Gasteiger charge is -2.39. The van der Waals surface area contributed by atoms with E-state index in [9.17, 15) is 9.18 Å². The number of amides is 1. The molecule has 7 heteroatoms.